The number of fused-ring (bicyclic) bond motifs is 1. The molecule has 1 aromatic heterocycles. The van der Waals surface area contributed by atoms with Gasteiger partial charge in [-0.1, -0.05) is 6.07 Å². The van der Waals surface area contributed by atoms with Gasteiger partial charge in [-0.25, -0.2) is 4.79 Å². The van der Waals surface area contributed by atoms with Crippen LogP contribution >= 0.6 is 0 Å². The lowest BCUT2D eigenvalue weighted by molar-refractivity contribution is 0.322. The lowest BCUT2D eigenvalue weighted by Gasteiger charge is -2.28. The van der Waals surface area contributed by atoms with Crippen LogP contribution in [0, 0.1) is 5.92 Å². The van der Waals surface area contributed by atoms with Crippen LogP contribution < -0.4 is 16.8 Å². The summed E-state index contributed by atoms with van der Waals surface area (Å²) in [5.74, 6) is 0.171. The van der Waals surface area contributed by atoms with Gasteiger partial charge < -0.3 is 15.5 Å². The van der Waals surface area contributed by atoms with Gasteiger partial charge in [0.25, 0.3) is 0 Å². The van der Waals surface area contributed by atoms with Gasteiger partial charge in [-0.2, -0.15) is 0 Å². The molecule has 0 saturated carbocycles. The molecule has 0 aliphatic carbocycles. The maximum Gasteiger partial charge on any atom is 0.419 e. The van der Waals surface area contributed by atoms with Gasteiger partial charge in [0.05, 0.1) is 5.52 Å². The van der Waals surface area contributed by atoms with Crippen LogP contribution in [0.4, 0.5) is 0 Å². The largest absolute Gasteiger partial charge is 0.419 e. The summed E-state index contributed by atoms with van der Waals surface area (Å²) in [5.41, 5.74) is 8.88. The fraction of sp³-hybridized carbons (Fsp3) is 0.500. The first-order valence-corrected chi connectivity index (χ1v) is 6.72. The van der Waals surface area contributed by atoms with Crippen molar-refractivity contribution >= 4 is 11.1 Å². The van der Waals surface area contributed by atoms with Gasteiger partial charge >= 0.3 is 5.76 Å². The SMILES string of the molecule is Cn1c(=O)oc2ccc(C(N)C3CCNCC3)cc21. The monoisotopic (exact) mass is 261 g/mol. The Labute approximate surface area is 111 Å². The minimum absolute atomic E-state index is 0.0245. The van der Waals surface area contributed by atoms with Gasteiger partial charge in [0.2, 0.25) is 0 Å². The highest BCUT2D eigenvalue weighted by molar-refractivity contribution is 5.73. The van der Waals surface area contributed by atoms with E-state index in [1.807, 2.05) is 18.2 Å². The van der Waals surface area contributed by atoms with Crippen molar-refractivity contribution in [3.8, 4) is 0 Å². The predicted octanol–water partition coefficient (Wildman–Crippen LogP) is 1.13. The lowest BCUT2D eigenvalue weighted by Crippen LogP contribution is -2.33. The first kappa shape index (κ1) is 12.4. The van der Waals surface area contributed by atoms with Crippen molar-refractivity contribution < 1.29 is 4.42 Å². The highest BCUT2D eigenvalue weighted by Gasteiger charge is 2.22. The third kappa shape index (κ3) is 2.19. The number of benzene rings is 1. The second kappa shape index (κ2) is 4.83. The molecule has 0 bridgehead atoms. The summed E-state index contributed by atoms with van der Waals surface area (Å²) in [4.78, 5) is 11.5. The minimum atomic E-state index is -0.331. The molecule has 0 spiro atoms. The van der Waals surface area contributed by atoms with Gasteiger partial charge in [0, 0.05) is 13.1 Å². The second-order valence-corrected chi connectivity index (χ2v) is 5.27. The summed E-state index contributed by atoms with van der Waals surface area (Å²) >= 11 is 0. The summed E-state index contributed by atoms with van der Waals surface area (Å²) in [6.07, 6.45) is 2.20. The first-order valence-electron chi connectivity index (χ1n) is 6.72. The van der Waals surface area contributed by atoms with E-state index in [0.717, 1.165) is 37.0 Å². The van der Waals surface area contributed by atoms with Gasteiger partial charge in [-0.3, -0.25) is 4.57 Å². The van der Waals surface area contributed by atoms with Crippen LogP contribution in [-0.4, -0.2) is 17.7 Å². The molecule has 1 aliphatic rings. The average molecular weight is 261 g/mol. The highest BCUT2D eigenvalue weighted by atomic mass is 16.4. The Morgan fingerprint density at radius 1 is 1.42 bits per heavy atom. The fourth-order valence-electron chi connectivity index (χ4n) is 2.83. The van der Waals surface area contributed by atoms with E-state index in [0.29, 0.717) is 11.5 Å². The van der Waals surface area contributed by atoms with E-state index in [1.54, 1.807) is 7.05 Å². The molecule has 0 radical (unpaired) electrons. The average Bonchev–Trinajstić information content (AvgIpc) is 2.74. The van der Waals surface area contributed by atoms with E-state index < -0.39 is 0 Å². The van der Waals surface area contributed by atoms with E-state index in [9.17, 15) is 4.79 Å². The Bertz CT molecular complexity index is 638. The third-order valence-corrected chi connectivity index (χ3v) is 4.09. The molecule has 1 unspecified atom stereocenters. The number of rotatable bonds is 2. The fourth-order valence-corrected chi connectivity index (χ4v) is 2.83. The Morgan fingerprint density at radius 2 is 2.16 bits per heavy atom. The number of hydrogen-bond donors (Lipinski definition) is 2. The highest BCUT2D eigenvalue weighted by Crippen LogP contribution is 2.28. The summed E-state index contributed by atoms with van der Waals surface area (Å²) in [5, 5.41) is 3.35. The molecule has 5 heteroatoms. The van der Waals surface area contributed by atoms with Gasteiger partial charge in [-0.05, 0) is 49.5 Å². The minimum Gasteiger partial charge on any atom is -0.408 e. The maximum atomic E-state index is 11.5. The van der Waals surface area contributed by atoms with Crippen molar-refractivity contribution in [3.05, 3.63) is 34.3 Å². The van der Waals surface area contributed by atoms with Crippen molar-refractivity contribution in [3.63, 3.8) is 0 Å². The molecule has 1 aliphatic heterocycles. The molecular formula is C14H19N3O2. The van der Waals surface area contributed by atoms with Gasteiger partial charge in [-0.15, -0.1) is 0 Å². The van der Waals surface area contributed by atoms with E-state index in [2.05, 4.69) is 5.32 Å². The van der Waals surface area contributed by atoms with Crippen molar-refractivity contribution in [1.82, 2.24) is 9.88 Å². The van der Waals surface area contributed by atoms with E-state index in [4.69, 9.17) is 10.2 Å². The zero-order chi connectivity index (χ0) is 13.4. The summed E-state index contributed by atoms with van der Waals surface area (Å²) < 4.78 is 6.66. The Balaban J connectivity index is 1.95. The van der Waals surface area contributed by atoms with Crippen LogP contribution in [0.3, 0.4) is 0 Å². The zero-order valence-electron chi connectivity index (χ0n) is 11.1. The zero-order valence-corrected chi connectivity index (χ0v) is 11.1. The van der Waals surface area contributed by atoms with Crippen LogP contribution in [0.25, 0.3) is 11.1 Å². The molecule has 19 heavy (non-hydrogen) atoms. The van der Waals surface area contributed by atoms with Crippen molar-refractivity contribution in [1.29, 1.82) is 0 Å². The molecule has 1 atom stereocenters. The van der Waals surface area contributed by atoms with Crippen molar-refractivity contribution in [2.45, 2.75) is 18.9 Å². The number of nitrogens with zero attached hydrogens (tertiary/aromatic N) is 1. The van der Waals surface area contributed by atoms with Crippen LogP contribution in [0.15, 0.2) is 27.4 Å². The second-order valence-electron chi connectivity index (χ2n) is 5.27. The van der Waals surface area contributed by atoms with E-state index in [-0.39, 0.29) is 11.8 Å². The van der Waals surface area contributed by atoms with Crippen molar-refractivity contribution in [2.75, 3.05) is 13.1 Å². The van der Waals surface area contributed by atoms with Gasteiger partial charge in [0.1, 0.15) is 0 Å². The Hall–Kier alpha value is -1.59. The van der Waals surface area contributed by atoms with Crippen LogP contribution in [0.2, 0.25) is 0 Å². The summed E-state index contributed by atoms with van der Waals surface area (Å²) in [7, 11) is 1.72. The normalized spacial score (nSPS) is 18.8. The number of nitrogens with one attached hydrogen (secondary N) is 1. The van der Waals surface area contributed by atoms with Crippen molar-refractivity contribution in [2.24, 2.45) is 18.7 Å². The number of aryl methyl sites for hydroxylation is 1. The third-order valence-electron chi connectivity index (χ3n) is 4.09. The topological polar surface area (TPSA) is 73.2 Å². The smallest absolute Gasteiger partial charge is 0.408 e. The number of oxazole rings is 1. The number of piperidine rings is 1. The maximum absolute atomic E-state index is 11.5. The molecule has 3 rings (SSSR count). The molecular weight excluding hydrogens is 242 g/mol. The van der Waals surface area contributed by atoms with E-state index >= 15 is 0 Å². The van der Waals surface area contributed by atoms with Gasteiger partial charge in [0.15, 0.2) is 5.58 Å². The molecule has 1 saturated heterocycles. The summed E-state index contributed by atoms with van der Waals surface area (Å²) in [6, 6.07) is 5.81. The number of hydrogen-bond acceptors (Lipinski definition) is 4. The number of nitrogens with two attached hydrogens (primary N) is 1. The molecule has 5 nitrogen and oxygen atoms in total. The first-order chi connectivity index (χ1) is 9.16. The van der Waals surface area contributed by atoms with Crippen LogP contribution in [-0.2, 0) is 7.05 Å². The molecule has 0 amide bonds. The molecule has 2 aromatic rings. The molecule has 3 N–H and O–H groups in total. The molecule has 1 fully saturated rings. The Kier molecular flexibility index (Phi) is 3.16. The lowest BCUT2D eigenvalue weighted by atomic mass is 9.86. The molecule has 1 aromatic carbocycles. The molecule has 2 heterocycles. The summed E-state index contributed by atoms with van der Waals surface area (Å²) in [6.45, 7) is 2.07. The molecule has 102 valence electrons. The van der Waals surface area contributed by atoms with E-state index in [1.165, 1.54) is 4.57 Å². The standard InChI is InChI=1S/C14H19N3O2/c1-17-11-8-10(2-3-12(11)19-14(17)18)13(15)9-4-6-16-7-5-9/h2-3,8-9,13,16H,4-7,15H2,1H3. The van der Waals surface area contributed by atoms with Crippen LogP contribution in [0.5, 0.6) is 0 Å². The number of aromatic nitrogens is 1. The van der Waals surface area contributed by atoms with Crippen LogP contribution in [0.1, 0.15) is 24.4 Å². The quantitative estimate of drug-likeness (QED) is 0.850. The Morgan fingerprint density at radius 3 is 2.89 bits per heavy atom. The predicted molar refractivity (Wildman–Crippen MR) is 74.0 cm³/mol.